The van der Waals surface area contributed by atoms with Crippen molar-refractivity contribution in [2.24, 2.45) is 0 Å². The number of unbranched alkanes of at least 4 members (excludes halogenated alkanes) is 2. The summed E-state index contributed by atoms with van der Waals surface area (Å²) in [5.74, 6) is 0.388. The zero-order valence-corrected chi connectivity index (χ0v) is 12.2. The fourth-order valence-corrected chi connectivity index (χ4v) is 1.96. The zero-order valence-electron chi connectivity index (χ0n) is 11.4. The highest BCUT2D eigenvalue weighted by Gasteiger charge is 2.21. The zero-order chi connectivity index (χ0) is 14.3. The van der Waals surface area contributed by atoms with Gasteiger partial charge in [-0.1, -0.05) is 38.3 Å². The fourth-order valence-electron chi connectivity index (χ4n) is 1.81. The minimum atomic E-state index is -0.399. The molecule has 0 aromatic carbocycles. The summed E-state index contributed by atoms with van der Waals surface area (Å²) < 4.78 is 0. The van der Waals surface area contributed by atoms with Crippen molar-refractivity contribution in [3.8, 4) is 0 Å². The third-order valence-electron chi connectivity index (χ3n) is 2.88. The molecule has 1 heterocycles. The van der Waals surface area contributed by atoms with Gasteiger partial charge in [0.05, 0.1) is 4.92 Å². The molecule has 1 aromatic rings. The van der Waals surface area contributed by atoms with E-state index in [1.165, 1.54) is 12.1 Å². The average molecular weight is 286 g/mol. The van der Waals surface area contributed by atoms with Gasteiger partial charge in [0, 0.05) is 19.2 Å². The van der Waals surface area contributed by atoms with E-state index in [2.05, 4.69) is 18.8 Å². The molecule has 0 aliphatic heterocycles. The molecular weight excluding hydrogens is 266 g/mol. The second-order valence-electron chi connectivity index (χ2n) is 4.43. The van der Waals surface area contributed by atoms with Gasteiger partial charge < -0.3 is 4.90 Å². The molecule has 1 aromatic heterocycles. The summed E-state index contributed by atoms with van der Waals surface area (Å²) in [5, 5.41) is 11.4. The van der Waals surface area contributed by atoms with Crippen molar-refractivity contribution in [3.05, 3.63) is 27.4 Å². The molecule has 0 N–H and O–H groups in total. The molecule has 0 radical (unpaired) electrons. The first-order valence-electron chi connectivity index (χ1n) is 6.66. The predicted octanol–water partition coefficient (Wildman–Crippen LogP) is 4.05. The number of rotatable bonds is 8. The molecule has 0 spiro atoms. The Morgan fingerprint density at radius 2 is 1.84 bits per heavy atom. The monoisotopic (exact) mass is 285 g/mol. The van der Waals surface area contributed by atoms with Crippen LogP contribution in [0.4, 0.5) is 11.5 Å². The number of anilines is 1. The Hall–Kier alpha value is -1.36. The second-order valence-corrected chi connectivity index (χ2v) is 4.82. The minimum Gasteiger partial charge on any atom is -0.351 e. The summed E-state index contributed by atoms with van der Waals surface area (Å²) >= 11 is 5.87. The van der Waals surface area contributed by atoms with Crippen molar-refractivity contribution < 1.29 is 4.92 Å². The molecule has 0 aliphatic carbocycles. The van der Waals surface area contributed by atoms with Crippen molar-refractivity contribution >= 4 is 23.1 Å². The van der Waals surface area contributed by atoms with E-state index in [0.717, 1.165) is 38.8 Å². The molecule has 0 amide bonds. The molecule has 0 atom stereocenters. The lowest BCUT2D eigenvalue weighted by Gasteiger charge is -2.23. The van der Waals surface area contributed by atoms with E-state index in [0.29, 0.717) is 11.0 Å². The Kier molecular flexibility index (Phi) is 6.56. The van der Waals surface area contributed by atoms with Crippen molar-refractivity contribution in [3.63, 3.8) is 0 Å². The van der Waals surface area contributed by atoms with Crippen LogP contribution in [0.5, 0.6) is 0 Å². The first-order valence-corrected chi connectivity index (χ1v) is 7.03. The molecule has 106 valence electrons. The molecule has 0 saturated heterocycles. The minimum absolute atomic E-state index is 0.0246. The average Bonchev–Trinajstić information content (AvgIpc) is 2.38. The third-order valence-corrected chi connectivity index (χ3v) is 3.09. The predicted molar refractivity (Wildman–Crippen MR) is 77.9 cm³/mol. The van der Waals surface area contributed by atoms with Crippen molar-refractivity contribution in [1.82, 2.24) is 4.98 Å². The van der Waals surface area contributed by atoms with E-state index in [1.807, 2.05) is 4.90 Å². The van der Waals surface area contributed by atoms with Crippen LogP contribution >= 0.6 is 11.6 Å². The Morgan fingerprint density at radius 3 is 2.32 bits per heavy atom. The van der Waals surface area contributed by atoms with Crippen molar-refractivity contribution in [2.45, 2.75) is 39.5 Å². The highest BCUT2D eigenvalue weighted by Crippen LogP contribution is 2.28. The highest BCUT2D eigenvalue weighted by atomic mass is 35.5. The third kappa shape index (κ3) is 4.67. The van der Waals surface area contributed by atoms with Gasteiger partial charge in [0.25, 0.3) is 0 Å². The van der Waals surface area contributed by atoms with Gasteiger partial charge in [-0.15, -0.1) is 0 Å². The lowest BCUT2D eigenvalue weighted by atomic mass is 10.2. The van der Waals surface area contributed by atoms with Gasteiger partial charge in [-0.05, 0) is 18.9 Å². The van der Waals surface area contributed by atoms with E-state index in [1.54, 1.807) is 0 Å². The number of hydrogen-bond donors (Lipinski definition) is 0. The Balaban J connectivity index is 3.03. The van der Waals surface area contributed by atoms with Gasteiger partial charge in [0.1, 0.15) is 5.15 Å². The van der Waals surface area contributed by atoms with Crippen molar-refractivity contribution in [2.75, 3.05) is 18.0 Å². The van der Waals surface area contributed by atoms with Gasteiger partial charge in [-0.2, -0.15) is 0 Å². The number of nitrogens with zero attached hydrogens (tertiary/aromatic N) is 3. The number of hydrogen-bond acceptors (Lipinski definition) is 4. The van der Waals surface area contributed by atoms with Crippen LogP contribution in [-0.2, 0) is 0 Å². The summed E-state index contributed by atoms with van der Waals surface area (Å²) in [7, 11) is 0. The molecule has 0 fully saturated rings. The number of pyridine rings is 1. The van der Waals surface area contributed by atoms with E-state index in [9.17, 15) is 10.1 Å². The molecule has 19 heavy (non-hydrogen) atoms. The Bertz CT molecular complexity index is 418. The summed E-state index contributed by atoms with van der Waals surface area (Å²) in [4.78, 5) is 16.8. The second kappa shape index (κ2) is 7.94. The van der Waals surface area contributed by atoms with Crippen LogP contribution in [0.3, 0.4) is 0 Å². The first kappa shape index (κ1) is 15.7. The molecule has 1 rings (SSSR count). The molecule has 0 bridgehead atoms. The lowest BCUT2D eigenvalue weighted by molar-refractivity contribution is -0.384. The number of nitro groups is 1. The molecule has 0 unspecified atom stereocenters. The first-order chi connectivity index (χ1) is 9.10. The van der Waals surface area contributed by atoms with Crippen LogP contribution in [0, 0.1) is 10.1 Å². The smallest absolute Gasteiger partial charge is 0.311 e. The van der Waals surface area contributed by atoms with Crippen LogP contribution in [0.25, 0.3) is 0 Å². The van der Waals surface area contributed by atoms with Gasteiger partial charge in [-0.25, -0.2) is 4.98 Å². The van der Waals surface area contributed by atoms with E-state index in [4.69, 9.17) is 11.6 Å². The highest BCUT2D eigenvalue weighted by molar-refractivity contribution is 6.29. The fraction of sp³-hybridized carbons (Fsp3) is 0.615. The van der Waals surface area contributed by atoms with Crippen LogP contribution in [0.2, 0.25) is 5.15 Å². The number of aromatic nitrogens is 1. The van der Waals surface area contributed by atoms with Gasteiger partial charge in [0.2, 0.25) is 5.82 Å². The normalized spacial score (nSPS) is 10.5. The Morgan fingerprint density at radius 1 is 1.26 bits per heavy atom. The maximum atomic E-state index is 11.1. The quantitative estimate of drug-likeness (QED) is 0.411. The standard InChI is InChI=1S/C13H20ClN3O2/c1-3-5-9-16(10-6-4-2)13-11(17(18)19)7-8-12(14)15-13/h7-8H,3-6,9-10H2,1-2H3. The van der Waals surface area contributed by atoms with Crippen LogP contribution in [0.1, 0.15) is 39.5 Å². The molecule has 0 saturated carbocycles. The maximum Gasteiger partial charge on any atom is 0.311 e. The van der Waals surface area contributed by atoms with Gasteiger partial charge in [0.15, 0.2) is 0 Å². The van der Waals surface area contributed by atoms with Gasteiger partial charge >= 0.3 is 5.69 Å². The maximum absolute atomic E-state index is 11.1. The SMILES string of the molecule is CCCCN(CCCC)c1nc(Cl)ccc1[N+](=O)[O-]. The topological polar surface area (TPSA) is 59.3 Å². The number of halogens is 1. The Labute approximate surface area is 118 Å². The molecule has 5 nitrogen and oxygen atoms in total. The summed E-state index contributed by atoms with van der Waals surface area (Å²) in [6.45, 7) is 5.73. The molecular formula is C13H20ClN3O2. The lowest BCUT2D eigenvalue weighted by Crippen LogP contribution is -2.27. The van der Waals surface area contributed by atoms with E-state index >= 15 is 0 Å². The molecule has 0 aliphatic rings. The summed E-state index contributed by atoms with van der Waals surface area (Å²) in [6, 6.07) is 2.89. The molecule has 6 heteroatoms. The van der Waals surface area contributed by atoms with Crippen LogP contribution in [-0.4, -0.2) is 23.0 Å². The summed E-state index contributed by atoms with van der Waals surface area (Å²) in [5.41, 5.74) is 0.0246. The van der Waals surface area contributed by atoms with Crippen molar-refractivity contribution in [1.29, 1.82) is 0 Å². The largest absolute Gasteiger partial charge is 0.351 e. The van der Waals surface area contributed by atoms with E-state index < -0.39 is 4.92 Å². The van der Waals surface area contributed by atoms with Crippen LogP contribution < -0.4 is 4.90 Å². The summed E-state index contributed by atoms with van der Waals surface area (Å²) in [6.07, 6.45) is 4.04. The van der Waals surface area contributed by atoms with Gasteiger partial charge in [-0.3, -0.25) is 10.1 Å². The van der Waals surface area contributed by atoms with E-state index in [-0.39, 0.29) is 5.69 Å². The van der Waals surface area contributed by atoms with Crippen LogP contribution in [0.15, 0.2) is 12.1 Å².